The fourth-order valence-corrected chi connectivity index (χ4v) is 5.60. The molecule has 1 aliphatic carbocycles. The number of anilines is 3. The molecule has 0 spiro atoms. The summed E-state index contributed by atoms with van der Waals surface area (Å²) in [5.74, 6) is -1.72. The summed E-state index contributed by atoms with van der Waals surface area (Å²) in [6, 6.07) is 16.8. The van der Waals surface area contributed by atoms with Crippen LogP contribution in [0, 0.1) is 5.82 Å². The van der Waals surface area contributed by atoms with Gasteiger partial charge in [0.05, 0.1) is 29.3 Å². The van der Waals surface area contributed by atoms with Gasteiger partial charge in [-0.25, -0.2) is 14.4 Å². The minimum absolute atomic E-state index is 0.00548. The molecule has 10 nitrogen and oxygen atoms in total. The van der Waals surface area contributed by atoms with Crippen LogP contribution in [0.2, 0.25) is 5.02 Å². The molecule has 0 aliphatic heterocycles. The lowest BCUT2D eigenvalue weighted by atomic mass is 9.91. The summed E-state index contributed by atoms with van der Waals surface area (Å²) in [7, 11) is 0. The summed E-state index contributed by atoms with van der Waals surface area (Å²) >= 11 is 6.28. The van der Waals surface area contributed by atoms with E-state index in [1.165, 1.54) is 28.9 Å². The molecule has 0 unspecified atom stereocenters. The summed E-state index contributed by atoms with van der Waals surface area (Å²) in [4.78, 5) is 48.9. The van der Waals surface area contributed by atoms with Gasteiger partial charge in [0, 0.05) is 40.2 Å². The van der Waals surface area contributed by atoms with Gasteiger partial charge in [0.2, 0.25) is 11.8 Å². The lowest BCUT2D eigenvalue weighted by molar-refractivity contribution is -0.139. The number of carbonyl (C=O) groups excluding carboxylic acids is 3. The van der Waals surface area contributed by atoms with Crippen molar-refractivity contribution < 1.29 is 18.8 Å². The summed E-state index contributed by atoms with van der Waals surface area (Å²) in [6.45, 7) is 0.985. The SMILES string of the molecule is CC(=O)c1nn(CC(=O)N(CC(=O)Nc2cccc(-c3ccccc3Cl)c2F)C2CCC2)c2ccc(Nc3cncnc3)cc12. The third-order valence-corrected chi connectivity index (χ3v) is 8.13. The van der Waals surface area contributed by atoms with E-state index < -0.39 is 11.7 Å². The average Bonchev–Trinajstić information content (AvgIpc) is 3.35. The van der Waals surface area contributed by atoms with Crippen LogP contribution in [0.4, 0.5) is 21.5 Å². The second-order valence-corrected chi connectivity index (χ2v) is 11.3. The predicted molar refractivity (Wildman–Crippen MR) is 170 cm³/mol. The molecule has 2 aromatic heterocycles. The number of halogens is 2. The van der Waals surface area contributed by atoms with Crippen LogP contribution in [-0.2, 0) is 16.1 Å². The molecule has 1 aliphatic rings. The number of amides is 2. The molecule has 0 atom stereocenters. The van der Waals surface area contributed by atoms with Gasteiger partial charge in [-0.1, -0.05) is 41.9 Å². The number of Topliss-reactive ketones (excluding diaryl/α,β-unsaturated/α-hetero) is 1. The number of benzene rings is 3. The summed E-state index contributed by atoms with van der Waals surface area (Å²) in [5.41, 5.74) is 2.96. The van der Waals surface area contributed by atoms with Crippen LogP contribution in [0.3, 0.4) is 0 Å². The van der Waals surface area contributed by atoms with Crippen molar-refractivity contribution in [3.8, 4) is 11.1 Å². The maximum Gasteiger partial charge on any atom is 0.245 e. The van der Waals surface area contributed by atoms with Gasteiger partial charge >= 0.3 is 0 Å². The highest BCUT2D eigenvalue weighted by Crippen LogP contribution is 2.33. The molecule has 0 radical (unpaired) electrons. The van der Waals surface area contributed by atoms with Gasteiger partial charge in [0.1, 0.15) is 25.1 Å². The van der Waals surface area contributed by atoms with Crippen molar-refractivity contribution in [2.24, 2.45) is 0 Å². The van der Waals surface area contributed by atoms with E-state index in [-0.39, 0.29) is 47.8 Å². The molecule has 2 heterocycles. The molecule has 3 aromatic carbocycles. The van der Waals surface area contributed by atoms with E-state index in [1.54, 1.807) is 60.9 Å². The van der Waals surface area contributed by atoms with Crippen molar-refractivity contribution in [1.82, 2.24) is 24.6 Å². The number of fused-ring (bicyclic) bond motifs is 1. The Morgan fingerprint density at radius 1 is 1.00 bits per heavy atom. The second kappa shape index (κ2) is 12.8. The molecule has 2 amide bonds. The molecule has 0 saturated heterocycles. The number of nitrogens with zero attached hydrogens (tertiary/aromatic N) is 5. The quantitative estimate of drug-likeness (QED) is 0.176. The Morgan fingerprint density at radius 3 is 2.47 bits per heavy atom. The Balaban J connectivity index is 1.21. The van der Waals surface area contributed by atoms with Crippen LogP contribution < -0.4 is 10.6 Å². The minimum Gasteiger partial charge on any atom is -0.353 e. The Labute approximate surface area is 263 Å². The number of aromatic nitrogens is 4. The number of ketones is 1. The van der Waals surface area contributed by atoms with Gasteiger partial charge in [-0.15, -0.1) is 0 Å². The van der Waals surface area contributed by atoms with Crippen molar-refractivity contribution >= 4 is 57.2 Å². The molecule has 6 rings (SSSR count). The standard InChI is InChI=1S/C33H29ClFN7O3/c1-20(43)33-26-14-21(38-22-15-36-19-37-16-22)12-13-29(26)42(40-33)18-31(45)41(23-6-4-7-23)17-30(44)39-28-11-5-9-25(32(28)35)24-8-2-3-10-27(24)34/h2-3,5,8-16,19,23,38H,4,6-7,17-18H2,1H3,(H,39,44). The maximum atomic E-state index is 15.5. The normalized spacial score (nSPS) is 12.9. The van der Waals surface area contributed by atoms with Crippen LogP contribution in [0.1, 0.15) is 36.7 Å². The van der Waals surface area contributed by atoms with Gasteiger partial charge in [-0.05, 0) is 49.6 Å². The first-order valence-electron chi connectivity index (χ1n) is 14.4. The summed E-state index contributed by atoms with van der Waals surface area (Å²) in [5, 5.41) is 11.3. The van der Waals surface area contributed by atoms with E-state index in [0.717, 1.165) is 19.3 Å². The fraction of sp³-hybridized carbons (Fsp3) is 0.212. The number of hydrogen-bond donors (Lipinski definition) is 2. The highest BCUT2D eigenvalue weighted by molar-refractivity contribution is 6.33. The van der Waals surface area contributed by atoms with Gasteiger partial charge in [0.15, 0.2) is 11.6 Å². The molecule has 228 valence electrons. The van der Waals surface area contributed by atoms with E-state index in [4.69, 9.17) is 11.6 Å². The van der Waals surface area contributed by atoms with E-state index in [9.17, 15) is 14.4 Å². The average molecular weight is 626 g/mol. The van der Waals surface area contributed by atoms with Crippen molar-refractivity contribution in [2.45, 2.75) is 38.8 Å². The van der Waals surface area contributed by atoms with Crippen LogP contribution in [-0.4, -0.2) is 54.8 Å². The van der Waals surface area contributed by atoms with Crippen LogP contribution >= 0.6 is 11.6 Å². The zero-order chi connectivity index (χ0) is 31.5. The highest BCUT2D eigenvalue weighted by Gasteiger charge is 2.31. The molecular weight excluding hydrogens is 597 g/mol. The third-order valence-electron chi connectivity index (χ3n) is 7.80. The smallest absolute Gasteiger partial charge is 0.245 e. The Hall–Kier alpha value is -5.16. The summed E-state index contributed by atoms with van der Waals surface area (Å²) in [6.07, 6.45) is 7.13. The third kappa shape index (κ3) is 6.39. The zero-order valence-corrected chi connectivity index (χ0v) is 25.1. The largest absolute Gasteiger partial charge is 0.353 e. The van der Waals surface area contributed by atoms with Gasteiger partial charge in [-0.3, -0.25) is 19.1 Å². The molecule has 0 bridgehead atoms. The molecule has 1 fully saturated rings. The van der Waals surface area contributed by atoms with Gasteiger partial charge in [0.25, 0.3) is 0 Å². The number of rotatable bonds is 10. The van der Waals surface area contributed by atoms with Gasteiger partial charge in [-0.2, -0.15) is 5.10 Å². The molecule has 1 saturated carbocycles. The Morgan fingerprint density at radius 2 is 1.76 bits per heavy atom. The molecular formula is C33H29ClFN7O3. The lowest BCUT2D eigenvalue weighted by Gasteiger charge is -2.37. The first-order valence-corrected chi connectivity index (χ1v) is 14.8. The minimum atomic E-state index is -0.617. The Bertz CT molecular complexity index is 1910. The van der Waals surface area contributed by atoms with E-state index in [1.807, 2.05) is 6.07 Å². The van der Waals surface area contributed by atoms with Crippen molar-refractivity contribution in [2.75, 3.05) is 17.2 Å². The fourth-order valence-electron chi connectivity index (χ4n) is 5.37. The molecule has 5 aromatic rings. The maximum absolute atomic E-state index is 15.5. The van der Waals surface area contributed by atoms with Gasteiger partial charge < -0.3 is 15.5 Å². The summed E-state index contributed by atoms with van der Waals surface area (Å²) < 4.78 is 17.0. The van der Waals surface area contributed by atoms with Crippen LogP contribution in [0.15, 0.2) is 79.4 Å². The number of hydrogen-bond acceptors (Lipinski definition) is 7. The highest BCUT2D eigenvalue weighted by atomic mass is 35.5. The van der Waals surface area contributed by atoms with Crippen molar-refractivity contribution in [1.29, 1.82) is 0 Å². The monoisotopic (exact) mass is 625 g/mol. The topological polar surface area (TPSA) is 122 Å². The van der Waals surface area contributed by atoms with Crippen LogP contribution in [0.5, 0.6) is 0 Å². The zero-order valence-electron chi connectivity index (χ0n) is 24.3. The molecule has 12 heteroatoms. The lowest BCUT2D eigenvalue weighted by Crippen LogP contribution is -2.49. The van der Waals surface area contributed by atoms with Crippen molar-refractivity contribution in [3.63, 3.8) is 0 Å². The van der Waals surface area contributed by atoms with E-state index in [0.29, 0.717) is 32.9 Å². The van der Waals surface area contributed by atoms with E-state index >= 15 is 4.39 Å². The van der Waals surface area contributed by atoms with Crippen molar-refractivity contribution in [3.05, 3.63) is 95.9 Å². The predicted octanol–water partition coefficient (Wildman–Crippen LogP) is 6.25. The van der Waals surface area contributed by atoms with E-state index in [2.05, 4.69) is 25.7 Å². The molecule has 45 heavy (non-hydrogen) atoms. The second-order valence-electron chi connectivity index (χ2n) is 10.8. The van der Waals surface area contributed by atoms with Crippen LogP contribution in [0.25, 0.3) is 22.0 Å². The number of nitrogens with one attached hydrogen (secondary N) is 2. The number of carbonyl (C=O) groups is 3. The first-order chi connectivity index (χ1) is 21.8. The first kappa shape index (κ1) is 29.9. The molecule has 2 N–H and O–H groups in total. The Kier molecular flexibility index (Phi) is 8.52.